The Balaban J connectivity index is 1.50. The highest BCUT2D eigenvalue weighted by atomic mass is 16.3. The van der Waals surface area contributed by atoms with Crippen LogP contribution in [0.3, 0.4) is 0 Å². The van der Waals surface area contributed by atoms with Crippen molar-refractivity contribution in [1.82, 2.24) is 5.32 Å². The van der Waals surface area contributed by atoms with Gasteiger partial charge < -0.3 is 10.4 Å². The van der Waals surface area contributed by atoms with E-state index in [1.54, 1.807) is 17.7 Å². The summed E-state index contributed by atoms with van der Waals surface area (Å²) in [7, 11) is 0. The molecule has 3 nitrogen and oxygen atoms in total. The van der Waals surface area contributed by atoms with Gasteiger partial charge in [-0.3, -0.25) is 4.79 Å². The van der Waals surface area contributed by atoms with Gasteiger partial charge in [-0.1, -0.05) is 56.4 Å². The maximum Gasteiger partial charge on any atom is 0.185 e. The Hall–Kier alpha value is -2.39. The molecule has 202 valence electrons. The monoisotopic (exact) mass is 503 g/mol. The van der Waals surface area contributed by atoms with Crippen molar-refractivity contribution in [1.29, 1.82) is 0 Å². The minimum atomic E-state index is -0.275. The molecule has 1 saturated carbocycles. The number of aliphatic hydroxyl groups excluding tert-OH is 1. The van der Waals surface area contributed by atoms with E-state index in [0.29, 0.717) is 12.3 Å². The van der Waals surface area contributed by atoms with E-state index in [9.17, 15) is 9.90 Å². The lowest BCUT2D eigenvalue weighted by atomic mass is 9.76. The van der Waals surface area contributed by atoms with Crippen LogP contribution >= 0.6 is 0 Å². The maximum absolute atomic E-state index is 13.0. The Morgan fingerprint density at radius 1 is 1.16 bits per heavy atom. The molecular formula is C34H49NO2. The van der Waals surface area contributed by atoms with E-state index in [1.165, 1.54) is 54.5 Å². The van der Waals surface area contributed by atoms with Gasteiger partial charge in [-0.05, 0) is 125 Å². The number of aliphatic hydroxyl groups is 1. The van der Waals surface area contributed by atoms with Crippen molar-refractivity contribution in [2.75, 3.05) is 6.54 Å². The molecule has 1 aromatic carbocycles. The average molecular weight is 504 g/mol. The molecule has 37 heavy (non-hydrogen) atoms. The summed E-state index contributed by atoms with van der Waals surface area (Å²) in [6, 6.07) is 6.78. The molecule has 0 heterocycles. The lowest BCUT2D eigenvalue weighted by Gasteiger charge is -2.30. The smallest absolute Gasteiger partial charge is 0.185 e. The molecule has 0 aromatic heterocycles. The van der Waals surface area contributed by atoms with Crippen LogP contribution in [0.2, 0.25) is 0 Å². The van der Waals surface area contributed by atoms with Gasteiger partial charge >= 0.3 is 0 Å². The number of nitrogens with one attached hydrogen (secondary N) is 1. The summed E-state index contributed by atoms with van der Waals surface area (Å²) in [6.07, 6.45) is 19.6. The summed E-state index contributed by atoms with van der Waals surface area (Å²) in [5.41, 5.74) is 7.64. The molecule has 0 spiro atoms. The minimum absolute atomic E-state index is 0.0471. The van der Waals surface area contributed by atoms with Gasteiger partial charge in [-0.25, -0.2) is 0 Å². The Kier molecular flexibility index (Phi) is 11.9. The summed E-state index contributed by atoms with van der Waals surface area (Å²) in [5.74, 6) is 1.55. The molecule has 0 amide bonds. The van der Waals surface area contributed by atoms with E-state index in [2.05, 4.69) is 50.9 Å². The van der Waals surface area contributed by atoms with E-state index in [-0.39, 0.29) is 11.9 Å². The van der Waals surface area contributed by atoms with Gasteiger partial charge in [0.05, 0.1) is 6.10 Å². The lowest BCUT2D eigenvalue weighted by Crippen LogP contribution is -2.21. The van der Waals surface area contributed by atoms with Crippen LogP contribution in [0.5, 0.6) is 0 Å². The predicted octanol–water partition coefficient (Wildman–Crippen LogP) is 8.17. The van der Waals surface area contributed by atoms with Gasteiger partial charge in [0, 0.05) is 17.8 Å². The number of hydrogen-bond acceptors (Lipinski definition) is 3. The van der Waals surface area contributed by atoms with Crippen molar-refractivity contribution in [2.45, 2.75) is 110 Å². The fourth-order valence-electron chi connectivity index (χ4n) is 6.14. The van der Waals surface area contributed by atoms with Gasteiger partial charge in [0.15, 0.2) is 5.78 Å². The number of carbonyl (C=O) groups excluding carboxylic acids is 1. The molecule has 2 aliphatic rings. The van der Waals surface area contributed by atoms with Crippen LogP contribution in [0.4, 0.5) is 0 Å². The van der Waals surface area contributed by atoms with Gasteiger partial charge in [0.1, 0.15) is 0 Å². The van der Waals surface area contributed by atoms with Gasteiger partial charge in [-0.2, -0.15) is 0 Å². The van der Waals surface area contributed by atoms with Crippen LogP contribution in [0.25, 0.3) is 0 Å². The number of aryl methyl sites for hydroxylation is 1. The average Bonchev–Trinajstić information content (AvgIpc) is 3.35. The highest BCUT2D eigenvalue weighted by Crippen LogP contribution is 2.39. The third kappa shape index (κ3) is 8.57. The Labute approximate surface area is 225 Å². The van der Waals surface area contributed by atoms with Crippen molar-refractivity contribution < 1.29 is 9.90 Å². The molecular weight excluding hydrogens is 454 g/mol. The third-order valence-corrected chi connectivity index (χ3v) is 8.47. The zero-order valence-electron chi connectivity index (χ0n) is 23.5. The molecule has 0 aliphatic heterocycles. The minimum Gasteiger partial charge on any atom is -0.393 e. The molecule has 1 atom stereocenters. The number of rotatable bonds is 14. The van der Waals surface area contributed by atoms with Crippen molar-refractivity contribution >= 4 is 5.78 Å². The van der Waals surface area contributed by atoms with Gasteiger partial charge in [0.2, 0.25) is 0 Å². The summed E-state index contributed by atoms with van der Waals surface area (Å²) in [5, 5.41) is 13.6. The van der Waals surface area contributed by atoms with Crippen LogP contribution in [-0.2, 0) is 4.79 Å². The first-order valence-electron chi connectivity index (χ1n) is 14.7. The van der Waals surface area contributed by atoms with E-state index in [0.717, 1.165) is 56.6 Å². The zero-order chi connectivity index (χ0) is 26.6. The fraction of sp³-hybridized carbons (Fsp3) is 0.559. The largest absolute Gasteiger partial charge is 0.393 e. The maximum atomic E-state index is 13.0. The molecule has 3 rings (SSSR count). The van der Waals surface area contributed by atoms with Crippen LogP contribution in [-0.4, -0.2) is 23.5 Å². The topological polar surface area (TPSA) is 49.3 Å². The van der Waals surface area contributed by atoms with Gasteiger partial charge in [-0.15, -0.1) is 0 Å². The standard InChI is InChI=1S/C34H49NO2/c1-5-11-29(36)14-7-8-18-34(37)32(12-6-2)31-16-10-17-33(31)35-24-23-27-19-21-28(22-20-27)30-15-9-13-25(3)26(30)4/h6,8-9,12-13,15,18,27-29,35-36H,2,5,7,10-11,14,16-17,19-24H2,1,3-4H3/b18-8+,32-12+. The number of benzene rings is 1. The highest BCUT2D eigenvalue weighted by molar-refractivity contribution is 6.07. The number of allylic oxidation sites excluding steroid dienone is 7. The summed E-state index contributed by atoms with van der Waals surface area (Å²) in [4.78, 5) is 13.0. The van der Waals surface area contributed by atoms with Crippen LogP contribution in [0.1, 0.15) is 107 Å². The second kappa shape index (κ2) is 15.1. The van der Waals surface area contributed by atoms with Crippen molar-refractivity contribution in [3.05, 3.63) is 82.6 Å². The van der Waals surface area contributed by atoms with E-state index >= 15 is 0 Å². The second-order valence-corrected chi connectivity index (χ2v) is 11.1. The molecule has 0 bridgehead atoms. The summed E-state index contributed by atoms with van der Waals surface area (Å²) in [6.45, 7) is 11.4. The number of hydrogen-bond donors (Lipinski definition) is 2. The Morgan fingerprint density at radius 2 is 1.95 bits per heavy atom. The SMILES string of the molecule is C=C/C=C(/C(=O)/C=C/CCC(O)CCC)C1=C(NCCC2CCC(c3cccc(C)c3C)CC2)CCC1. The first kappa shape index (κ1) is 29.2. The zero-order valence-corrected chi connectivity index (χ0v) is 23.5. The molecule has 0 radical (unpaired) electrons. The van der Waals surface area contributed by atoms with E-state index < -0.39 is 0 Å². The molecule has 1 fully saturated rings. The summed E-state index contributed by atoms with van der Waals surface area (Å²) >= 11 is 0. The molecule has 3 heteroatoms. The predicted molar refractivity (Wildman–Crippen MR) is 157 cm³/mol. The molecule has 2 aliphatic carbocycles. The molecule has 1 aromatic rings. The molecule has 1 unspecified atom stereocenters. The second-order valence-electron chi connectivity index (χ2n) is 11.1. The van der Waals surface area contributed by atoms with Crippen LogP contribution in [0, 0.1) is 19.8 Å². The van der Waals surface area contributed by atoms with Crippen molar-refractivity contribution in [2.24, 2.45) is 5.92 Å². The number of carbonyl (C=O) groups is 1. The van der Waals surface area contributed by atoms with Crippen molar-refractivity contribution in [3.8, 4) is 0 Å². The van der Waals surface area contributed by atoms with Crippen LogP contribution in [0.15, 0.2) is 65.9 Å². The third-order valence-electron chi connectivity index (χ3n) is 8.47. The molecule has 2 N–H and O–H groups in total. The fourth-order valence-corrected chi connectivity index (χ4v) is 6.14. The Morgan fingerprint density at radius 3 is 2.68 bits per heavy atom. The number of ketones is 1. The quantitative estimate of drug-likeness (QED) is 0.199. The lowest BCUT2D eigenvalue weighted by molar-refractivity contribution is -0.111. The first-order valence-corrected chi connectivity index (χ1v) is 14.7. The highest BCUT2D eigenvalue weighted by Gasteiger charge is 2.25. The normalized spacial score (nSPS) is 21.5. The Bertz CT molecular complexity index is 991. The van der Waals surface area contributed by atoms with E-state index in [4.69, 9.17) is 0 Å². The summed E-state index contributed by atoms with van der Waals surface area (Å²) < 4.78 is 0. The van der Waals surface area contributed by atoms with Gasteiger partial charge in [0.25, 0.3) is 0 Å². The van der Waals surface area contributed by atoms with E-state index in [1.807, 2.05) is 12.2 Å². The van der Waals surface area contributed by atoms with Crippen LogP contribution < -0.4 is 5.32 Å². The van der Waals surface area contributed by atoms with Crippen molar-refractivity contribution in [3.63, 3.8) is 0 Å². The first-order chi connectivity index (χ1) is 17.9. The molecule has 0 saturated heterocycles.